The maximum atomic E-state index is 11.2. The first-order valence-electron chi connectivity index (χ1n) is 5.95. The molecule has 2 N–H and O–H groups in total. The number of piperazine rings is 1. The Hall–Kier alpha value is -1.33. The summed E-state index contributed by atoms with van der Waals surface area (Å²) in [5.74, 6) is 1.05. The first kappa shape index (κ1) is 12.1. The Kier molecular flexibility index (Phi) is 3.81. The van der Waals surface area contributed by atoms with Crippen molar-refractivity contribution in [2.24, 2.45) is 5.73 Å². The second kappa shape index (κ2) is 5.33. The number of amides is 1. The largest absolute Gasteiger partial charge is 0.468 e. The number of nitrogens with two attached hydrogens (primary N) is 1. The maximum absolute atomic E-state index is 11.2. The van der Waals surface area contributed by atoms with Crippen LogP contribution in [0.15, 0.2) is 22.8 Å². The predicted molar refractivity (Wildman–Crippen MR) is 64.3 cm³/mol. The van der Waals surface area contributed by atoms with Crippen molar-refractivity contribution in [3.63, 3.8) is 0 Å². The van der Waals surface area contributed by atoms with Gasteiger partial charge in [-0.25, -0.2) is 0 Å². The van der Waals surface area contributed by atoms with E-state index in [0.717, 1.165) is 31.9 Å². The molecule has 1 aromatic rings. The quantitative estimate of drug-likeness (QED) is 0.828. The number of hydrogen-bond acceptors (Lipinski definition) is 4. The van der Waals surface area contributed by atoms with Gasteiger partial charge in [-0.05, 0) is 12.1 Å². The minimum atomic E-state index is 0.124. The molecule has 1 fully saturated rings. The van der Waals surface area contributed by atoms with Crippen LogP contribution >= 0.6 is 0 Å². The minimum Gasteiger partial charge on any atom is -0.468 e. The van der Waals surface area contributed by atoms with E-state index in [1.165, 1.54) is 0 Å². The third-order valence-corrected chi connectivity index (χ3v) is 3.30. The lowest BCUT2D eigenvalue weighted by atomic mass is 10.1. The molecule has 1 aliphatic heterocycles. The Morgan fingerprint density at radius 1 is 1.47 bits per heavy atom. The van der Waals surface area contributed by atoms with Crippen LogP contribution in [0.25, 0.3) is 0 Å². The molecule has 1 unspecified atom stereocenters. The molecule has 0 spiro atoms. The van der Waals surface area contributed by atoms with Crippen LogP contribution in [0, 0.1) is 0 Å². The van der Waals surface area contributed by atoms with E-state index in [-0.39, 0.29) is 11.9 Å². The molecule has 1 saturated heterocycles. The van der Waals surface area contributed by atoms with Crippen molar-refractivity contribution in [1.82, 2.24) is 9.80 Å². The van der Waals surface area contributed by atoms with Gasteiger partial charge in [0.2, 0.25) is 5.91 Å². The molecule has 1 aliphatic rings. The molecular weight excluding hydrogens is 218 g/mol. The number of carbonyl (C=O) groups is 1. The fourth-order valence-electron chi connectivity index (χ4n) is 2.27. The zero-order valence-electron chi connectivity index (χ0n) is 10.1. The highest BCUT2D eigenvalue weighted by atomic mass is 16.3. The third-order valence-electron chi connectivity index (χ3n) is 3.30. The van der Waals surface area contributed by atoms with E-state index in [2.05, 4.69) is 4.90 Å². The summed E-state index contributed by atoms with van der Waals surface area (Å²) in [4.78, 5) is 15.4. The second-order valence-corrected chi connectivity index (χ2v) is 4.31. The number of hydrogen-bond donors (Lipinski definition) is 1. The van der Waals surface area contributed by atoms with Crippen molar-refractivity contribution in [3.8, 4) is 0 Å². The van der Waals surface area contributed by atoms with Gasteiger partial charge in [0.05, 0.1) is 12.3 Å². The zero-order chi connectivity index (χ0) is 12.3. The highest BCUT2D eigenvalue weighted by Gasteiger charge is 2.26. The van der Waals surface area contributed by atoms with Crippen molar-refractivity contribution in [2.75, 3.05) is 32.7 Å². The van der Waals surface area contributed by atoms with E-state index >= 15 is 0 Å². The van der Waals surface area contributed by atoms with Crippen molar-refractivity contribution in [1.29, 1.82) is 0 Å². The molecule has 1 aromatic heterocycles. The summed E-state index contributed by atoms with van der Waals surface area (Å²) in [5.41, 5.74) is 5.81. The van der Waals surface area contributed by atoms with Gasteiger partial charge in [0, 0.05) is 39.6 Å². The Balaban J connectivity index is 1.97. The molecule has 0 radical (unpaired) electrons. The van der Waals surface area contributed by atoms with E-state index in [1.807, 2.05) is 17.0 Å². The number of rotatable bonds is 3. The molecule has 0 aromatic carbocycles. The summed E-state index contributed by atoms with van der Waals surface area (Å²) >= 11 is 0. The van der Waals surface area contributed by atoms with Crippen molar-refractivity contribution in [3.05, 3.63) is 24.2 Å². The molecule has 0 saturated carbocycles. The average molecular weight is 237 g/mol. The fraction of sp³-hybridized carbons (Fsp3) is 0.583. The average Bonchev–Trinajstić information content (AvgIpc) is 2.84. The van der Waals surface area contributed by atoms with Gasteiger partial charge in [-0.1, -0.05) is 0 Å². The van der Waals surface area contributed by atoms with Crippen LogP contribution in [0.4, 0.5) is 0 Å². The predicted octanol–water partition coefficient (Wildman–Crippen LogP) is 0.444. The van der Waals surface area contributed by atoms with Crippen LogP contribution in [-0.4, -0.2) is 48.4 Å². The number of carbonyl (C=O) groups excluding carboxylic acids is 1. The standard InChI is InChI=1S/C12H19N3O2/c1-10(16)14-4-6-15(7-5-14)11(9-13)12-3-2-8-17-12/h2-3,8,11H,4-7,9,13H2,1H3. The summed E-state index contributed by atoms with van der Waals surface area (Å²) in [6.07, 6.45) is 1.67. The molecule has 94 valence electrons. The molecule has 5 heteroatoms. The van der Waals surface area contributed by atoms with Crippen molar-refractivity contribution >= 4 is 5.91 Å². The van der Waals surface area contributed by atoms with Gasteiger partial charge in [0.25, 0.3) is 0 Å². The molecule has 2 rings (SSSR count). The molecule has 5 nitrogen and oxygen atoms in total. The van der Waals surface area contributed by atoms with Gasteiger partial charge < -0.3 is 15.1 Å². The van der Waals surface area contributed by atoms with Crippen molar-refractivity contribution in [2.45, 2.75) is 13.0 Å². The molecule has 0 bridgehead atoms. The Bertz CT molecular complexity index is 356. The summed E-state index contributed by atoms with van der Waals surface area (Å²) in [6, 6.07) is 3.96. The third kappa shape index (κ3) is 2.68. The van der Waals surface area contributed by atoms with Crippen molar-refractivity contribution < 1.29 is 9.21 Å². The van der Waals surface area contributed by atoms with Crippen LogP contribution in [0.1, 0.15) is 18.7 Å². The van der Waals surface area contributed by atoms with Gasteiger partial charge in [-0.2, -0.15) is 0 Å². The second-order valence-electron chi connectivity index (χ2n) is 4.31. The van der Waals surface area contributed by atoms with Crippen LogP contribution in [0.3, 0.4) is 0 Å². The zero-order valence-corrected chi connectivity index (χ0v) is 10.1. The molecule has 1 atom stereocenters. The smallest absolute Gasteiger partial charge is 0.219 e. The molecular formula is C12H19N3O2. The Morgan fingerprint density at radius 3 is 2.65 bits per heavy atom. The fourth-order valence-corrected chi connectivity index (χ4v) is 2.27. The molecule has 17 heavy (non-hydrogen) atoms. The van der Waals surface area contributed by atoms with Gasteiger partial charge in [0.1, 0.15) is 5.76 Å². The monoisotopic (exact) mass is 237 g/mol. The highest BCUT2D eigenvalue weighted by molar-refractivity contribution is 5.73. The first-order valence-corrected chi connectivity index (χ1v) is 5.95. The van der Waals surface area contributed by atoms with E-state index in [1.54, 1.807) is 13.2 Å². The lowest BCUT2D eigenvalue weighted by molar-refractivity contribution is -0.130. The Labute approximate surface area is 101 Å². The first-order chi connectivity index (χ1) is 8.22. The van der Waals surface area contributed by atoms with Gasteiger partial charge in [-0.15, -0.1) is 0 Å². The Morgan fingerprint density at radius 2 is 2.18 bits per heavy atom. The summed E-state index contributed by atoms with van der Waals surface area (Å²) in [7, 11) is 0. The topological polar surface area (TPSA) is 62.7 Å². The molecule has 0 aliphatic carbocycles. The van der Waals surface area contributed by atoms with E-state index in [0.29, 0.717) is 6.54 Å². The van der Waals surface area contributed by atoms with Gasteiger partial charge >= 0.3 is 0 Å². The molecule has 1 amide bonds. The molecule has 2 heterocycles. The lowest BCUT2D eigenvalue weighted by Crippen LogP contribution is -2.50. The normalized spacial score (nSPS) is 19.3. The van der Waals surface area contributed by atoms with Gasteiger partial charge in [0.15, 0.2) is 0 Å². The maximum Gasteiger partial charge on any atom is 0.219 e. The van der Waals surface area contributed by atoms with E-state index < -0.39 is 0 Å². The van der Waals surface area contributed by atoms with E-state index in [4.69, 9.17) is 10.2 Å². The van der Waals surface area contributed by atoms with Gasteiger partial charge in [-0.3, -0.25) is 9.69 Å². The number of furan rings is 1. The number of nitrogens with zero attached hydrogens (tertiary/aromatic N) is 2. The minimum absolute atomic E-state index is 0.124. The highest BCUT2D eigenvalue weighted by Crippen LogP contribution is 2.21. The SMILES string of the molecule is CC(=O)N1CCN(C(CN)c2ccco2)CC1. The van der Waals surface area contributed by atoms with Crippen LogP contribution in [0.2, 0.25) is 0 Å². The summed E-state index contributed by atoms with van der Waals surface area (Å²) in [5, 5.41) is 0. The lowest BCUT2D eigenvalue weighted by Gasteiger charge is -2.37. The van der Waals surface area contributed by atoms with Crippen LogP contribution in [0.5, 0.6) is 0 Å². The summed E-state index contributed by atoms with van der Waals surface area (Å²) < 4.78 is 5.41. The van der Waals surface area contributed by atoms with E-state index in [9.17, 15) is 4.79 Å². The van der Waals surface area contributed by atoms with Crippen LogP contribution < -0.4 is 5.73 Å². The summed E-state index contributed by atoms with van der Waals surface area (Å²) in [6.45, 7) is 5.39. The van der Waals surface area contributed by atoms with Crippen LogP contribution in [-0.2, 0) is 4.79 Å².